The summed E-state index contributed by atoms with van der Waals surface area (Å²) in [6.07, 6.45) is 2.99. The molecule has 0 unspecified atom stereocenters. The van der Waals surface area contributed by atoms with Gasteiger partial charge in [0.2, 0.25) is 6.79 Å². The highest BCUT2D eigenvalue weighted by Gasteiger charge is 2.32. The van der Waals surface area contributed by atoms with Crippen LogP contribution in [0.5, 0.6) is 11.5 Å². The van der Waals surface area contributed by atoms with Crippen LogP contribution in [0, 0.1) is 0 Å². The topological polar surface area (TPSA) is 71.9 Å². The molecule has 2 aromatic rings. The smallest absolute Gasteiger partial charge is 0.255 e. The van der Waals surface area contributed by atoms with Crippen molar-refractivity contribution in [1.29, 1.82) is 0 Å². The Balaban J connectivity index is 1.49. The van der Waals surface area contributed by atoms with Crippen molar-refractivity contribution < 1.29 is 19.4 Å². The fourth-order valence-electron chi connectivity index (χ4n) is 3.37. The molecule has 25 heavy (non-hydrogen) atoms. The minimum Gasteiger partial charge on any atom is -0.454 e. The molecule has 1 N–H and O–H groups in total. The molecule has 3 heterocycles. The highest BCUT2D eigenvalue weighted by Crippen LogP contribution is 2.37. The maximum atomic E-state index is 12.6. The van der Waals surface area contributed by atoms with Gasteiger partial charge >= 0.3 is 0 Å². The van der Waals surface area contributed by atoms with E-state index in [-0.39, 0.29) is 25.2 Å². The predicted molar refractivity (Wildman–Crippen MR) is 91.1 cm³/mol. The van der Waals surface area contributed by atoms with Crippen molar-refractivity contribution >= 4 is 17.5 Å². The zero-order chi connectivity index (χ0) is 17.4. The lowest BCUT2D eigenvalue weighted by molar-refractivity contribution is 0.0381. The Hall–Kier alpha value is -2.31. The average Bonchev–Trinajstić information content (AvgIpc) is 3.09. The monoisotopic (exact) mass is 360 g/mol. The molecule has 0 radical (unpaired) electrons. The number of rotatable bonds is 2. The number of pyridine rings is 1. The number of hydrogen-bond donors (Lipinski definition) is 1. The van der Waals surface area contributed by atoms with Gasteiger partial charge in [0.05, 0.1) is 16.7 Å². The molecule has 0 spiro atoms. The summed E-state index contributed by atoms with van der Waals surface area (Å²) in [6.45, 7) is 1.03. The number of carbonyl (C=O) groups is 1. The molecule has 1 amide bonds. The summed E-state index contributed by atoms with van der Waals surface area (Å²) in [7, 11) is 0. The molecule has 1 aromatic heterocycles. The van der Waals surface area contributed by atoms with Gasteiger partial charge in [0, 0.05) is 31.4 Å². The fraction of sp³-hybridized carbons (Fsp3) is 0.333. The first-order valence-corrected chi connectivity index (χ1v) is 8.47. The first-order valence-electron chi connectivity index (χ1n) is 8.10. The largest absolute Gasteiger partial charge is 0.454 e. The maximum Gasteiger partial charge on any atom is 0.255 e. The maximum absolute atomic E-state index is 12.6. The molecule has 1 aromatic carbocycles. The van der Waals surface area contributed by atoms with E-state index >= 15 is 0 Å². The van der Waals surface area contributed by atoms with Crippen LogP contribution in [-0.4, -0.2) is 46.9 Å². The summed E-state index contributed by atoms with van der Waals surface area (Å²) in [5.41, 5.74) is 1.40. The molecule has 2 atom stereocenters. The van der Waals surface area contributed by atoms with Crippen molar-refractivity contribution in [3.63, 3.8) is 0 Å². The minimum absolute atomic E-state index is 0.0496. The molecule has 6 nitrogen and oxygen atoms in total. The summed E-state index contributed by atoms with van der Waals surface area (Å²) in [5.74, 6) is 1.19. The number of halogens is 1. The van der Waals surface area contributed by atoms with Crippen LogP contribution in [0.3, 0.4) is 0 Å². The van der Waals surface area contributed by atoms with Crippen LogP contribution in [0.2, 0.25) is 5.02 Å². The normalized spacial score (nSPS) is 22.1. The van der Waals surface area contributed by atoms with Gasteiger partial charge in [0.25, 0.3) is 5.91 Å². The number of likely N-dealkylation sites (tertiary alicyclic amines) is 1. The van der Waals surface area contributed by atoms with Gasteiger partial charge < -0.3 is 19.5 Å². The van der Waals surface area contributed by atoms with E-state index in [0.29, 0.717) is 29.3 Å². The molecule has 0 saturated carbocycles. The van der Waals surface area contributed by atoms with Crippen molar-refractivity contribution in [3.8, 4) is 11.5 Å². The number of benzene rings is 1. The van der Waals surface area contributed by atoms with E-state index in [4.69, 9.17) is 21.1 Å². The summed E-state index contributed by atoms with van der Waals surface area (Å²) in [4.78, 5) is 18.2. The van der Waals surface area contributed by atoms with Gasteiger partial charge in [0.15, 0.2) is 11.5 Å². The van der Waals surface area contributed by atoms with Crippen molar-refractivity contribution in [2.45, 2.75) is 18.4 Å². The van der Waals surface area contributed by atoms with E-state index in [1.54, 1.807) is 11.0 Å². The molecule has 130 valence electrons. The number of aliphatic hydroxyl groups excluding tert-OH is 1. The molecule has 4 rings (SSSR count). The van der Waals surface area contributed by atoms with Crippen molar-refractivity contribution in [3.05, 3.63) is 52.8 Å². The van der Waals surface area contributed by atoms with E-state index < -0.39 is 6.10 Å². The van der Waals surface area contributed by atoms with Gasteiger partial charge in [-0.05, 0) is 30.2 Å². The Morgan fingerprint density at radius 1 is 1.28 bits per heavy atom. The third kappa shape index (κ3) is 3.03. The van der Waals surface area contributed by atoms with Gasteiger partial charge in [-0.15, -0.1) is 0 Å². The van der Waals surface area contributed by atoms with E-state index in [1.807, 2.05) is 18.2 Å². The molecular weight excluding hydrogens is 344 g/mol. The van der Waals surface area contributed by atoms with Crippen LogP contribution in [-0.2, 0) is 0 Å². The number of amides is 1. The number of nitrogens with zero attached hydrogens (tertiary/aromatic N) is 2. The summed E-state index contributed by atoms with van der Waals surface area (Å²) >= 11 is 6.06. The van der Waals surface area contributed by atoms with Crippen LogP contribution in [0.15, 0.2) is 36.7 Å². The average molecular weight is 361 g/mol. The summed E-state index contributed by atoms with van der Waals surface area (Å²) in [5, 5.41) is 10.9. The van der Waals surface area contributed by atoms with Gasteiger partial charge in [-0.1, -0.05) is 17.7 Å². The number of β-amino-alcohol motifs (C(OH)–C–C–N with tert-alkyl or cyclic N) is 1. The van der Waals surface area contributed by atoms with Crippen molar-refractivity contribution in [2.24, 2.45) is 0 Å². The lowest BCUT2D eigenvalue weighted by Gasteiger charge is -2.36. The van der Waals surface area contributed by atoms with Crippen molar-refractivity contribution in [2.75, 3.05) is 19.9 Å². The van der Waals surface area contributed by atoms with E-state index in [1.165, 1.54) is 12.4 Å². The van der Waals surface area contributed by atoms with E-state index in [0.717, 1.165) is 11.3 Å². The predicted octanol–water partition coefficient (Wildman–Crippen LogP) is 2.45. The number of aliphatic hydroxyl groups is 1. The van der Waals surface area contributed by atoms with Crippen LogP contribution >= 0.6 is 11.6 Å². The Bertz CT molecular complexity index is 813. The van der Waals surface area contributed by atoms with Crippen LogP contribution in [0.1, 0.15) is 28.3 Å². The lowest BCUT2D eigenvalue weighted by atomic mass is 9.86. The standard InChI is InChI=1S/C18H17ClN2O4/c19-14-8-20-5-3-13(14)18(23)21-6-4-12(15(22)9-21)11-1-2-16-17(7-11)25-10-24-16/h1-3,5,7-8,12,15,22H,4,6,9-10H2/t12-,15+/m0/s1. The summed E-state index contributed by atoms with van der Waals surface area (Å²) in [6, 6.07) is 7.31. The number of fused-ring (bicyclic) bond motifs is 1. The van der Waals surface area contributed by atoms with Crippen LogP contribution in [0.25, 0.3) is 0 Å². The zero-order valence-corrected chi connectivity index (χ0v) is 14.1. The highest BCUT2D eigenvalue weighted by atomic mass is 35.5. The Morgan fingerprint density at radius 2 is 2.12 bits per heavy atom. The fourth-order valence-corrected chi connectivity index (χ4v) is 3.57. The molecule has 2 aliphatic rings. The Kier molecular flexibility index (Phi) is 4.23. The molecule has 1 saturated heterocycles. The number of ether oxygens (including phenoxy) is 2. The third-order valence-corrected chi connectivity index (χ3v) is 5.00. The molecule has 0 aliphatic carbocycles. The van der Waals surface area contributed by atoms with Crippen molar-refractivity contribution in [1.82, 2.24) is 9.88 Å². The lowest BCUT2D eigenvalue weighted by Crippen LogP contribution is -2.45. The number of carbonyl (C=O) groups excluding carboxylic acids is 1. The minimum atomic E-state index is -0.654. The molecule has 2 aliphatic heterocycles. The number of piperidine rings is 1. The van der Waals surface area contributed by atoms with E-state index in [2.05, 4.69) is 4.98 Å². The first kappa shape index (κ1) is 16.2. The van der Waals surface area contributed by atoms with Gasteiger partial charge in [-0.2, -0.15) is 0 Å². The molecule has 7 heteroatoms. The molecule has 1 fully saturated rings. The second-order valence-corrected chi connectivity index (χ2v) is 6.59. The van der Waals surface area contributed by atoms with Gasteiger partial charge in [-0.25, -0.2) is 0 Å². The van der Waals surface area contributed by atoms with E-state index in [9.17, 15) is 9.90 Å². The van der Waals surface area contributed by atoms with Crippen LogP contribution < -0.4 is 9.47 Å². The Labute approximate surface area is 149 Å². The third-order valence-electron chi connectivity index (χ3n) is 4.70. The quantitative estimate of drug-likeness (QED) is 0.890. The highest BCUT2D eigenvalue weighted by molar-refractivity contribution is 6.33. The first-order chi connectivity index (χ1) is 12.1. The molecule has 0 bridgehead atoms. The van der Waals surface area contributed by atoms with Crippen LogP contribution in [0.4, 0.5) is 0 Å². The Morgan fingerprint density at radius 3 is 2.92 bits per heavy atom. The second kappa shape index (κ2) is 6.54. The SMILES string of the molecule is O=C(c1ccncc1Cl)N1CC[C@@H](c2ccc3c(c2)OCO3)[C@H](O)C1. The van der Waals surface area contributed by atoms with Gasteiger partial charge in [-0.3, -0.25) is 9.78 Å². The zero-order valence-electron chi connectivity index (χ0n) is 13.4. The second-order valence-electron chi connectivity index (χ2n) is 6.18. The number of hydrogen-bond acceptors (Lipinski definition) is 5. The van der Waals surface area contributed by atoms with Gasteiger partial charge in [0.1, 0.15) is 0 Å². The summed E-state index contributed by atoms with van der Waals surface area (Å²) < 4.78 is 10.7. The number of aromatic nitrogens is 1. The molecular formula is C18H17ClN2O4.